The molecule has 86 valence electrons. The zero-order valence-electron chi connectivity index (χ0n) is 9.87. The zero-order chi connectivity index (χ0) is 11.6. The van der Waals surface area contributed by atoms with Crippen molar-refractivity contribution >= 4 is 5.69 Å². The maximum Gasteiger partial charge on any atom is 0.289 e. The topological polar surface area (TPSA) is 67.0 Å². The first kappa shape index (κ1) is 11.8. The Kier molecular flexibility index (Phi) is 3.57. The Labute approximate surface area is 89.9 Å². The number of nitrogens with two attached hydrogens (primary N) is 1. The van der Waals surface area contributed by atoms with Crippen molar-refractivity contribution in [3.05, 3.63) is 16.0 Å². The van der Waals surface area contributed by atoms with E-state index in [0.717, 1.165) is 12.2 Å². The number of hydrogen-bond acceptors (Lipinski definition) is 3. The van der Waals surface area contributed by atoms with Crippen molar-refractivity contribution in [1.82, 2.24) is 14.7 Å². The Hall–Kier alpha value is -1.23. The highest BCUT2D eigenvalue weighted by atomic mass is 16.1. The molecule has 0 saturated heterocycles. The van der Waals surface area contributed by atoms with Crippen LogP contribution in [0.15, 0.2) is 4.79 Å². The number of rotatable bonds is 4. The molecule has 1 heterocycles. The minimum absolute atomic E-state index is 0.111. The van der Waals surface area contributed by atoms with E-state index in [1.807, 2.05) is 32.8 Å². The van der Waals surface area contributed by atoms with Crippen LogP contribution in [-0.4, -0.2) is 35.3 Å². The molecule has 0 aliphatic rings. The summed E-state index contributed by atoms with van der Waals surface area (Å²) in [6.45, 7) is 5.48. The normalized spacial score (nSPS) is 11.6. The van der Waals surface area contributed by atoms with Crippen LogP contribution in [0, 0.1) is 0 Å². The molecule has 0 radical (unpaired) electrons. The number of aromatic amines is 1. The summed E-state index contributed by atoms with van der Waals surface area (Å²) in [6, 6.07) is 0. The van der Waals surface area contributed by atoms with Crippen molar-refractivity contribution in [3.8, 4) is 0 Å². The third-order valence-electron chi connectivity index (χ3n) is 2.37. The van der Waals surface area contributed by atoms with E-state index >= 15 is 0 Å². The van der Waals surface area contributed by atoms with Crippen LogP contribution in [0.3, 0.4) is 0 Å². The van der Waals surface area contributed by atoms with Gasteiger partial charge in [0.1, 0.15) is 5.69 Å². The lowest BCUT2D eigenvalue weighted by Crippen LogP contribution is -2.25. The smallest absolute Gasteiger partial charge is 0.289 e. The van der Waals surface area contributed by atoms with Crippen LogP contribution in [0.1, 0.15) is 25.5 Å². The van der Waals surface area contributed by atoms with Crippen LogP contribution in [0.25, 0.3) is 0 Å². The molecule has 0 fully saturated rings. The predicted octanol–water partition coefficient (Wildman–Crippen LogP) is 0.444. The van der Waals surface area contributed by atoms with Crippen molar-refractivity contribution in [2.24, 2.45) is 0 Å². The average Bonchev–Trinajstić information content (AvgIpc) is 2.41. The number of likely N-dealkylation sites (N-methyl/N-ethyl adjacent to an activating group) is 1. The van der Waals surface area contributed by atoms with E-state index in [1.54, 1.807) is 4.68 Å². The molecule has 5 nitrogen and oxygen atoms in total. The van der Waals surface area contributed by atoms with Crippen molar-refractivity contribution in [2.45, 2.75) is 26.3 Å². The van der Waals surface area contributed by atoms with Gasteiger partial charge in [-0.25, -0.2) is 4.68 Å². The summed E-state index contributed by atoms with van der Waals surface area (Å²) < 4.78 is 1.57. The first-order valence-corrected chi connectivity index (χ1v) is 5.16. The molecular formula is C10H20N4O. The van der Waals surface area contributed by atoms with E-state index < -0.39 is 0 Å². The summed E-state index contributed by atoms with van der Waals surface area (Å²) in [6.07, 6.45) is 0. The molecule has 0 aromatic carbocycles. The maximum atomic E-state index is 11.7. The highest BCUT2D eigenvalue weighted by Gasteiger charge is 2.13. The maximum absolute atomic E-state index is 11.7. The van der Waals surface area contributed by atoms with E-state index in [2.05, 4.69) is 5.10 Å². The van der Waals surface area contributed by atoms with Gasteiger partial charge in [0.05, 0.1) is 12.2 Å². The number of nitrogen functional groups attached to an aromatic ring is 1. The summed E-state index contributed by atoms with van der Waals surface area (Å²) in [4.78, 5) is 13.7. The van der Waals surface area contributed by atoms with Gasteiger partial charge in [-0.15, -0.1) is 0 Å². The van der Waals surface area contributed by atoms with Crippen molar-refractivity contribution in [2.75, 3.05) is 26.4 Å². The highest BCUT2D eigenvalue weighted by Crippen LogP contribution is 2.15. The molecule has 1 rings (SSSR count). The van der Waals surface area contributed by atoms with Gasteiger partial charge in [0.25, 0.3) is 5.56 Å². The van der Waals surface area contributed by atoms with Crippen LogP contribution in [0.5, 0.6) is 0 Å². The SMILES string of the molecule is CC(C)c1[nH]n(CCN(C)C)c(=O)c1N. The lowest BCUT2D eigenvalue weighted by Gasteiger charge is -2.09. The summed E-state index contributed by atoms with van der Waals surface area (Å²) in [7, 11) is 3.95. The molecule has 0 amide bonds. The lowest BCUT2D eigenvalue weighted by molar-refractivity contribution is 0.369. The molecule has 5 heteroatoms. The molecule has 0 atom stereocenters. The Morgan fingerprint density at radius 2 is 2.07 bits per heavy atom. The van der Waals surface area contributed by atoms with E-state index in [9.17, 15) is 4.79 Å². The van der Waals surface area contributed by atoms with Gasteiger partial charge in [-0.05, 0) is 20.0 Å². The summed E-state index contributed by atoms with van der Waals surface area (Å²) in [5.74, 6) is 0.248. The number of nitrogens with one attached hydrogen (secondary N) is 1. The minimum atomic E-state index is -0.111. The molecule has 0 unspecified atom stereocenters. The first-order valence-electron chi connectivity index (χ1n) is 5.16. The molecule has 1 aromatic heterocycles. The second-order valence-corrected chi connectivity index (χ2v) is 4.35. The fourth-order valence-corrected chi connectivity index (χ4v) is 1.41. The van der Waals surface area contributed by atoms with E-state index in [1.165, 1.54) is 0 Å². The Bertz CT molecular complexity index is 375. The first-order chi connectivity index (χ1) is 6.93. The summed E-state index contributed by atoms with van der Waals surface area (Å²) >= 11 is 0. The van der Waals surface area contributed by atoms with Gasteiger partial charge in [-0.2, -0.15) is 0 Å². The van der Waals surface area contributed by atoms with Gasteiger partial charge in [-0.3, -0.25) is 9.89 Å². The molecular weight excluding hydrogens is 192 g/mol. The Morgan fingerprint density at radius 1 is 1.47 bits per heavy atom. The fraction of sp³-hybridized carbons (Fsp3) is 0.700. The molecule has 0 spiro atoms. The molecule has 0 bridgehead atoms. The molecule has 0 aliphatic heterocycles. The second-order valence-electron chi connectivity index (χ2n) is 4.35. The van der Waals surface area contributed by atoms with Crippen LogP contribution < -0.4 is 11.3 Å². The van der Waals surface area contributed by atoms with Gasteiger partial charge < -0.3 is 10.6 Å². The van der Waals surface area contributed by atoms with Crippen LogP contribution in [-0.2, 0) is 6.54 Å². The summed E-state index contributed by atoms with van der Waals surface area (Å²) in [5, 5.41) is 3.06. The molecule has 1 aromatic rings. The molecule has 3 N–H and O–H groups in total. The van der Waals surface area contributed by atoms with Crippen molar-refractivity contribution in [1.29, 1.82) is 0 Å². The Balaban J connectivity index is 2.91. The van der Waals surface area contributed by atoms with Crippen LogP contribution in [0.4, 0.5) is 5.69 Å². The third kappa shape index (κ3) is 2.62. The lowest BCUT2D eigenvalue weighted by atomic mass is 10.1. The van der Waals surface area contributed by atoms with Crippen LogP contribution >= 0.6 is 0 Å². The van der Waals surface area contributed by atoms with Crippen molar-refractivity contribution in [3.63, 3.8) is 0 Å². The monoisotopic (exact) mass is 212 g/mol. The van der Waals surface area contributed by atoms with Gasteiger partial charge >= 0.3 is 0 Å². The largest absolute Gasteiger partial charge is 0.393 e. The number of H-pyrrole nitrogens is 1. The number of nitrogens with zero attached hydrogens (tertiary/aromatic N) is 2. The standard InChI is InChI=1S/C10H20N4O/c1-7(2)9-8(11)10(15)14(12-9)6-5-13(3)4/h7,12H,5-6,11H2,1-4H3. The quantitative estimate of drug-likeness (QED) is 0.761. The van der Waals surface area contributed by atoms with Gasteiger partial charge in [0.2, 0.25) is 0 Å². The van der Waals surface area contributed by atoms with Crippen molar-refractivity contribution < 1.29 is 0 Å². The predicted molar refractivity (Wildman–Crippen MR) is 62.1 cm³/mol. The Morgan fingerprint density at radius 3 is 2.47 bits per heavy atom. The van der Waals surface area contributed by atoms with Gasteiger partial charge in [0, 0.05) is 6.54 Å². The molecule has 15 heavy (non-hydrogen) atoms. The second kappa shape index (κ2) is 4.53. The highest BCUT2D eigenvalue weighted by molar-refractivity contribution is 5.42. The molecule has 0 aliphatic carbocycles. The third-order valence-corrected chi connectivity index (χ3v) is 2.37. The van der Waals surface area contributed by atoms with E-state index in [0.29, 0.717) is 12.2 Å². The zero-order valence-corrected chi connectivity index (χ0v) is 9.87. The number of anilines is 1. The number of aromatic nitrogens is 2. The van der Waals surface area contributed by atoms with Gasteiger partial charge in [0.15, 0.2) is 0 Å². The average molecular weight is 212 g/mol. The van der Waals surface area contributed by atoms with E-state index in [4.69, 9.17) is 5.73 Å². The molecule has 0 saturated carbocycles. The van der Waals surface area contributed by atoms with Gasteiger partial charge in [-0.1, -0.05) is 13.8 Å². The fourth-order valence-electron chi connectivity index (χ4n) is 1.41. The summed E-state index contributed by atoms with van der Waals surface area (Å²) in [5.41, 5.74) is 6.80. The number of hydrogen-bond donors (Lipinski definition) is 2. The van der Waals surface area contributed by atoms with E-state index in [-0.39, 0.29) is 11.5 Å². The minimum Gasteiger partial charge on any atom is -0.393 e. The van der Waals surface area contributed by atoms with Crippen LogP contribution in [0.2, 0.25) is 0 Å².